The van der Waals surface area contributed by atoms with E-state index in [-0.39, 0.29) is 7.92 Å². The molecular weight excluding hydrogens is 254 g/mol. The van der Waals surface area contributed by atoms with Gasteiger partial charge in [0.15, 0.2) is 0 Å². The second-order valence-corrected chi connectivity index (χ2v) is 6.72. The monoisotopic (exact) mass is 276 g/mol. The molecule has 0 aliphatic heterocycles. The van der Waals surface area contributed by atoms with Crippen molar-refractivity contribution in [2.45, 2.75) is 24.9 Å². The molecule has 0 unspecified atom stereocenters. The van der Waals surface area contributed by atoms with Gasteiger partial charge in [0, 0.05) is 0 Å². The van der Waals surface area contributed by atoms with E-state index in [9.17, 15) is 0 Å². The van der Waals surface area contributed by atoms with Crippen LogP contribution >= 0.6 is 7.92 Å². The first-order valence-corrected chi connectivity index (χ1v) is 8.76. The molecule has 0 N–H and O–H groups in total. The van der Waals surface area contributed by atoms with Crippen molar-refractivity contribution in [3.05, 3.63) is 73.1 Å². The maximum atomic E-state index is 3.94. The molecule has 2 aromatic carbocycles. The van der Waals surface area contributed by atoms with E-state index in [1.54, 1.807) is 0 Å². The molecule has 0 bridgehead atoms. The molecule has 0 aromatic heterocycles. The van der Waals surface area contributed by atoms with E-state index in [4.69, 9.17) is 0 Å². The molecule has 0 saturated carbocycles. The zero-order chi connectivity index (χ0) is 14.6. The van der Waals surface area contributed by atoms with Crippen LogP contribution in [0.4, 0.5) is 0 Å². The molecule has 0 radical (unpaired) electrons. The summed E-state index contributed by atoms with van der Waals surface area (Å²) in [4.78, 5) is 0. The van der Waals surface area contributed by atoms with Gasteiger partial charge in [0.2, 0.25) is 0 Å². The van der Waals surface area contributed by atoms with E-state index in [0.717, 1.165) is 0 Å². The molecule has 2 rings (SSSR count). The fraction of sp³-hybridized carbons (Fsp3) is 0.222. The van der Waals surface area contributed by atoms with Crippen molar-refractivity contribution in [3.8, 4) is 0 Å². The Bertz CT molecular complexity index is 426. The molecule has 0 fully saturated rings. The van der Waals surface area contributed by atoms with Crippen LogP contribution in [-0.2, 0) is 0 Å². The second-order valence-electron chi connectivity index (χ2n) is 4.58. The Labute approximate surface area is 134 Å². The first-order chi connectivity index (χ1) is 9.83. The van der Waals surface area contributed by atoms with Crippen LogP contribution in [0, 0.1) is 0 Å². The fourth-order valence-corrected chi connectivity index (χ4v) is 3.60. The van der Waals surface area contributed by atoms with Crippen molar-refractivity contribution in [3.63, 3.8) is 0 Å². The number of benzene rings is 2. The van der Waals surface area contributed by atoms with Gasteiger partial charge >= 0.3 is 42.6 Å². The predicted octanol–water partition coefficient (Wildman–Crippen LogP) is 4.64. The molecule has 0 aliphatic carbocycles. The number of rotatable bonds is 5. The molecular formula is C18H22LiP. The van der Waals surface area contributed by atoms with Gasteiger partial charge in [-0.2, -0.15) is 0 Å². The second kappa shape index (κ2) is 10.9. The predicted molar refractivity (Wildman–Crippen MR) is 94.7 cm³/mol. The van der Waals surface area contributed by atoms with Crippen molar-refractivity contribution in [1.29, 1.82) is 0 Å². The normalized spacial score (nSPS) is 9.80. The van der Waals surface area contributed by atoms with E-state index in [2.05, 4.69) is 85.6 Å². The Morgan fingerprint density at radius 1 is 0.950 bits per heavy atom. The van der Waals surface area contributed by atoms with E-state index < -0.39 is 0 Å². The summed E-state index contributed by atoms with van der Waals surface area (Å²) in [6.45, 7) is 6.15. The zero-order valence-electron chi connectivity index (χ0n) is 12.6. The number of hydrogen-bond donors (Lipinski definition) is 0. The summed E-state index contributed by atoms with van der Waals surface area (Å²) in [5.41, 5.74) is 0. The third-order valence-electron chi connectivity index (χ3n) is 2.96. The van der Waals surface area contributed by atoms with Gasteiger partial charge in [-0.05, 0) is 18.5 Å². The van der Waals surface area contributed by atoms with Gasteiger partial charge in [-0.15, -0.1) is 0 Å². The Kier molecular flexibility index (Phi) is 9.43. The minimum atomic E-state index is -0.385. The quantitative estimate of drug-likeness (QED) is 0.551. The molecule has 0 nitrogen and oxygen atoms in total. The minimum absolute atomic E-state index is 0.385. The van der Waals surface area contributed by atoms with Crippen molar-refractivity contribution in [1.82, 2.24) is 0 Å². The molecule has 0 heterocycles. The summed E-state index contributed by atoms with van der Waals surface area (Å²) in [5.74, 6) is 2.06. The Hall–Kier alpha value is -0.793. The van der Waals surface area contributed by atoms with Crippen molar-refractivity contribution in [2.24, 2.45) is 0 Å². The van der Waals surface area contributed by atoms with Crippen LogP contribution in [-0.4, -0.2) is 17.7 Å². The first-order valence-electron chi connectivity index (χ1n) is 7.35. The van der Waals surface area contributed by atoms with Gasteiger partial charge in [0.1, 0.15) is 0 Å². The van der Waals surface area contributed by atoms with E-state index in [1.807, 2.05) is 12.1 Å². The van der Waals surface area contributed by atoms with Crippen molar-refractivity contribution >= 4 is 36.2 Å². The zero-order valence-corrected chi connectivity index (χ0v) is 13.5. The van der Waals surface area contributed by atoms with Gasteiger partial charge in [-0.3, -0.25) is 0 Å². The molecule has 20 heavy (non-hydrogen) atoms. The first kappa shape index (κ1) is 17.3. The summed E-state index contributed by atoms with van der Waals surface area (Å²) in [7, 11) is -0.385. The molecule has 0 aliphatic rings. The van der Waals surface area contributed by atoms with E-state index in [0.29, 0.717) is 0 Å². The molecule has 100 valence electrons. The Balaban J connectivity index is 0.000000347. The van der Waals surface area contributed by atoms with Crippen LogP contribution in [0.25, 0.3) is 0 Å². The Morgan fingerprint density at radius 3 is 1.65 bits per heavy atom. The van der Waals surface area contributed by atoms with Crippen LogP contribution in [0.15, 0.2) is 73.1 Å². The summed E-state index contributed by atoms with van der Waals surface area (Å²) < 4.78 is 0. The molecule has 2 aromatic rings. The van der Waals surface area contributed by atoms with Crippen LogP contribution in [0.5, 0.6) is 0 Å². The van der Waals surface area contributed by atoms with Crippen LogP contribution in [0.2, 0.25) is 5.09 Å². The summed E-state index contributed by atoms with van der Waals surface area (Å²) >= 11 is 2.21. The third-order valence-corrected chi connectivity index (χ3v) is 5.03. The number of unbranched alkanes of at least 4 members (excludes halogenated alkanes) is 1. The van der Waals surface area contributed by atoms with Crippen LogP contribution in [0.1, 0.15) is 19.8 Å². The molecule has 0 atom stereocenters. The molecule has 0 spiro atoms. The van der Waals surface area contributed by atoms with Gasteiger partial charge in [0.25, 0.3) is 0 Å². The van der Waals surface area contributed by atoms with E-state index >= 15 is 0 Å². The van der Waals surface area contributed by atoms with Crippen molar-refractivity contribution < 1.29 is 0 Å². The summed E-state index contributed by atoms with van der Waals surface area (Å²) in [6, 6.07) is 21.1. The SMILES string of the molecule is C=CP(c1ccccc1)c1ccccc1.[Li][CH2]CCC. The average Bonchev–Trinajstić information content (AvgIpc) is 2.52. The molecule has 0 saturated heterocycles. The fourth-order valence-electron chi connectivity index (χ4n) is 1.89. The van der Waals surface area contributed by atoms with Gasteiger partial charge in [0.05, 0.1) is 0 Å². The maximum absolute atomic E-state index is 3.94. The van der Waals surface area contributed by atoms with Crippen molar-refractivity contribution in [2.75, 3.05) is 0 Å². The van der Waals surface area contributed by atoms with Gasteiger partial charge in [-0.1, -0.05) is 73.1 Å². The van der Waals surface area contributed by atoms with Crippen LogP contribution in [0.3, 0.4) is 0 Å². The molecule has 2 heteroatoms. The number of hydrogen-bond acceptors (Lipinski definition) is 0. The average molecular weight is 276 g/mol. The summed E-state index contributed by atoms with van der Waals surface area (Å²) in [5, 5.41) is 4.05. The standard InChI is InChI=1S/C14H13P.C4H9.Li/c1-2-15(13-9-5-3-6-10-13)14-11-7-4-8-12-14;1-3-4-2;/h2-12H,1H2;1,3-4H2,2H3;. The topological polar surface area (TPSA) is 0 Å². The van der Waals surface area contributed by atoms with E-state index in [1.165, 1.54) is 28.5 Å². The third kappa shape index (κ3) is 6.11. The van der Waals surface area contributed by atoms with Crippen LogP contribution < -0.4 is 10.6 Å². The van der Waals surface area contributed by atoms with Gasteiger partial charge in [-0.25, -0.2) is 0 Å². The molecule has 0 amide bonds. The van der Waals surface area contributed by atoms with Gasteiger partial charge < -0.3 is 0 Å². The summed E-state index contributed by atoms with van der Waals surface area (Å²) in [6.07, 6.45) is 2.73. The Morgan fingerprint density at radius 2 is 1.40 bits per heavy atom.